The van der Waals surface area contributed by atoms with E-state index >= 15 is 0 Å². The third-order valence-electron chi connectivity index (χ3n) is 19.3. The number of pyridine rings is 4. The molecule has 0 unspecified atom stereocenters. The number of aromatic nitrogens is 4. The number of benzene rings is 7. The second-order valence-electron chi connectivity index (χ2n) is 32.1. The van der Waals surface area contributed by atoms with Gasteiger partial charge in [-0.25, -0.2) is 0 Å². The molecular weight excluding hydrogens is 1690 g/mol. The van der Waals surface area contributed by atoms with Gasteiger partial charge in [-0.3, -0.25) is 34.3 Å². The molecule has 4 aromatic heterocycles. The smallest absolute Gasteiger partial charge is 0.423 e. The number of halogens is 2. The van der Waals surface area contributed by atoms with Crippen LogP contribution in [0.15, 0.2) is 266 Å². The number of hydrogen-bond acceptors (Lipinski definition) is 15. The summed E-state index contributed by atoms with van der Waals surface area (Å²) in [6.07, 6.45) is 28.2. The Morgan fingerprint density at radius 2 is 0.655 bits per heavy atom. The van der Waals surface area contributed by atoms with Crippen LogP contribution in [0.3, 0.4) is 0 Å². The molecule has 0 aliphatic rings. The Balaban J connectivity index is 0.000000237. The van der Waals surface area contributed by atoms with E-state index in [1.807, 2.05) is 72.9 Å². The summed E-state index contributed by atoms with van der Waals surface area (Å²) in [4.78, 5) is 47.3. The molecule has 0 aliphatic carbocycles. The fourth-order valence-corrected chi connectivity index (χ4v) is 37.9. The zero-order valence-electron chi connectivity index (χ0n) is 70.4. The van der Waals surface area contributed by atoms with Crippen molar-refractivity contribution in [2.24, 2.45) is 0 Å². The fourth-order valence-electron chi connectivity index (χ4n) is 13.7. The Morgan fingerprint density at radius 1 is 0.361 bits per heavy atom. The van der Waals surface area contributed by atoms with Gasteiger partial charge in [0.05, 0.1) is 46.5 Å². The maximum atomic E-state index is 10.4. The Labute approximate surface area is 727 Å². The average Bonchev–Trinajstić information content (AvgIpc) is 0.707. The number of hydrogen-bond donors (Lipinski definition) is 2. The van der Waals surface area contributed by atoms with Gasteiger partial charge < -0.3 is 14.2 Å². The van der Waals surface area contributed by atoms with Crippen molar-refractivity contribution in [2.45, 2.75) is 167 Å². The molecule has 119 heavy (non-hydrogen) atoms. The first-order valence-electron chi connectivity index (χ1n) is 40.5. The van der Waals surface area contributed by atoms with Gasteiger partial charge in [0.2, 0.25) is 0 Å². The zero-order valence-corrected chi connectivity index (χ0v) is 78.4. The van der Waals surface area contributed by atoms with Crippen LogP contribution in [0.1, 0.15) is 143 Å². The van der Waals surface area contributed by atoms with Crippen LogP contribution >= 0.6 is 36.7 Å². The molecule has 0 saturated heterocycles. The van der Waals surface area contributed by atoms with Gasteiger partial charge in [-0.15, -0.1) is 0 Å². The standard InChI is InChI=1S/C31H46BrOPSi2.C26H40N2OSi2.2C13H8N2O.C7H6BNO2.C6H4BrNO/c1-35(2,3)33-36(4,5)28-20-9-7-6-8-19-27-34(32,29-21-13-10-14-22-29,30-23-15-11-16-24-30)31-25-17-12-18-26-31;1-30(2,3)29-31(4,5)20-12-10-8-6-7-9-11-13-26-19-18-25(22-28-26)24-16-14-23(21-27)15-17-24;2*14-7-10-1-3-11(4-2-10)12-5-6-13(9-16)15-8-12;9-5-6-1-3-7(4-2-6)8(10)11;7-5-1-2-6(4-9)8-3-5/h10-18,21-26H,6-9,19-20,27-28H2,1-5H3;14-19,22H,6-13,20H2,1-5H3;2*1-6,8-9H;1-4,10-11H;1-4H. The van der Waals surface area contributed by atoms with Crippen molar-refractivity contribution in [2.75, 3.05) is 6.16 Å². The minimum absolute atomic E-state index is 0.393. The Kier molecular flexibility index (Phi) is 41.5. The fraction of sp³-hybridized carbons (Fsp3) is 0.281. The van der Waals surface area contributed by atoms with E-state index in [4.69, 9.17) is 39.3 Å². The summed E-state index contributed by atoms with van der Waals surface area (Å²) in [5.74, 6) is 0. The molecule has 0 saturated carbocycles. The topological polar surface area (TPSA) is 257 Å². The van der Waals surface area contributed by atoms with E-state index < -0.39 is 45.7 Å². The van der Waals surface area contributed by atoms with Gasteiger partial charge in [-0.1, -0.05) is 105 Å². The van der Waals surface area contributed by atoms with Crippen LogP contribution in [0.5, 0.6) is 0 Å². The number of unbranched alkanes of at least 4 members (excludes halogenated alkanes) is 11. The van der Waals surface area contributed by atoms with Gasteiger partial charge in [0.15, 0.2) is 35.5 Å². The van der Waals surface area contributed by atoms with Gasteiger partial charge in [-0.05, 0) is 169 Å². The molecule has 616 valence electrons. The van der Waals surface area contributed by atoms with Crippen LogP contribution in [0.2, 0.25) is 77.6 Å². The molecule has 0 aliphatic heterocycles. The molecule has 0 fully saturated rings. The van der Waals surface area contributed by atoms with Crippen LogP contribution in [-0.2, 0) is 14.7 Å². The van der Waals surface area contributed by atoms with E-state index in [9.17, 15) is 14.4 Å². The SMILES string of the molecule is C[Si](C)(C)O[Si](C)(C)CCCCCCCCCc1ccc(-c2ccc(C#N)cc2)cn1.C[Si](C)(C)O[Si](C)(C)CCCCCCCCP(Br)(c1ccccc1)(c1ccccc1)c1ccccc1.N#Cc1ccc(-c2ccc(C=O)nc2)cc1.N#Cc1ccc(-c2ccc(C=O)nc2)cc1.N#Cc1ccc(B(O)O)cc1.O=Cc1ccc(Br)cn1. The first kappa shape index (κ1) is 98.1. The van der Waals surface area contributed by atoms with E-state index in [1.54, 1.807) is 67.1 Å². The molecular formula is C96H112BBr2N8O7PSi4. The van der Waals surface area contributed by atoms with Crippen LogP contribution in [0.4, 0.5) is 0 Å². The molecule has 0 atom stereocenters. The van der Waals surface area contributed by atoms with Crippen LogP contribution in [0.25, 0.3) is 33.4 Å². The van der Waals surface area contributed by atoms with Gasteiger partial charge >= 0.3 is 239 Å². The Hall–Kier alpha value is -9.73. The van der Waals surface area contributed by atoms with Crippen molar-refractivity contribution in [3.8, 4) is 57.7 Å². The molecule has 0 spiro atoms. The number of nitriles is 4. The van der Waals surface area contributed by atoms with Crippen molar-refractivity contribution in [3.63, 3.8) is 0 Å². The van der Waals surface area contributed by atoms with Gasteiger partial charge in [0.1, 0.15) is 17.1 Å². The third kappa shape index (κ3) is 34.9. The largest absolute Gasteiger partial charge is 0.488 e. The van der Waals surface area contributed by atoms with E-state index in [1.165, 1.54) is 141 Å². The summed E-state index contributed by atoms with van der Waals surface area (Å²) in [6.45, 7) is 23.5. The molecule has 0 radical (unpaired) electrons. The minimum atomic E-state index is -2.76. The summed E-state index contributed by atoms with van der Waals surface area (Å²) in [7, 11) is -7.22. The van der Waals surface area contributed by atoms with Crippen molar-refractivity contribution >= 4 is 117 Å². The first-order valence-corrected chi connectivity index (χ1v) is 58.8. The normalized spacial score (nSPS) is 11.3. The Morgan fingerprint density at radius 3 is 0.941 bits per heavy atom. The number of nitrogens with zero attached hydrogens (tertiary/aromatic N) is 8. The van der Waals surface area contributed by atoms with Gasteiger partial charge in [0, 0.05) is 51.6 Å². The number of aryl methyl sites for hydroxylation is 1. The van der Waals surface area contributed by atoms with Crippen molar-refractivity contribution in [1.82, 2.24) is 19.9 Å². The molecule has 0 bridgehead atoms. The summed E-state index contributed by atoms with van der Waals surface area (Å²) in [6, 6.07) is 87.3. The summed E-state index contributed by atoms with van der Waals surface area (Å²) in [5.41, 5.74) is 11.3. The summed E-state index contributed by atoms with van der Waals surface area (Å²) >= 11 is 7.78. The molecule has 11 rings (SSSR count). The molecule has 0 amide bonds. The third-order valence-corrected chi connectivity index (χ3v) is 42.2. The second-order valence-corrected chi connectivity index (χ2v) is 60.2. The number of aldehydes is 3. The summed E-state index contributed by atoms with van der Waals surface area (Å²) in [5, 5.41) is 53.5. The Bertz CT molecular complexity index is 4810. The molecule has 7 aromatic carbocycles. The number of carbonyl (C=O) groups is 3. The zero-order chi connectivity index (χ0) is 86.6. The van der Waals surface area contributed by atoms with Crippen molar-refractivity contribution in [1.29, 1.82) is 21.0 Å². The van der Waals surface area contributed by atoms with E-state index in [0.29, 0.717) is 63.7 Å². The molecule has 4 heterocycles. The molecule has 15 nitrogen and oxygen atoms in total. The quantitative estimate of drug-likeness (QED) is 0.0168. The molecule has 2 N–H and O–H groups in total. The number of rotatable bonds is 33. The van der Waals surface area contributed by atoms with E-state index in [2.05, 4.69) is 238 Å². The maximum absolute atomic E-state index is 10.4. The summed E-state index contributed by atoms with van der Waals surface area (Å²) < 4.78 is 13.8. The van der Waals surface area contributed by atoms with Crippen LogP contribution in [-0.4, -0.2) is 95.4 Å². The van der Waals surface area contributed by atoms with Crippen LogP contribution < -0.4 is 21.4 Å². The molecule has 11 aromatic rings. The van der Waals surface area contributed by atoms with Crippen molar-refractivity contribution in [3.05, 3.63) is 311 Å². The van der Waals surface area contributed by atoms with E-state index in [0.717, 1.165) is 50.4 Å². The predicted octanol–water partition coefficient (Wildman–Crippen LogP) is 22.9. The average molecular weight is 1800 g/mol. The first-order chi connectivity index (χ1) is 57.0. The second kappa shape index (κ2) is 50.4. The van der Waals surface area contributed by atoms with Crippen LogP contribution in [0, 0.1) is 45.3 Å². The minimum Gasteiger partial charge on any atom is -0.423 e. The molecule has 23 heteroatoms. The maximum Gasteiger partial charge on any atom is 0.488 e. The van der Waals surface area contributed by atoms with Gasteiger partial charge in [0.25, 0.3) is 0 Å². The number of carbonyl (C=O) groups excluding carboxylic acids is 3. The predicted molar refractivity (Wildman–Crippen MR) is 508 cm³/mol. The van der Waals surface area contributed by atoms with E-state index in [-0.39, 0.29) is 0 Å². The van der Waals surface area contributed by atoms with Gasteiger partial charge in [-0.2, -0.15) is 21.0 Å². The van der Waals surface area contributed by atoms with Crippen molar-refractivity contribution < 1.29 is 32.7 Å². The monoisotopic (exact) mass is 1800 g/mol.